The van der Waals surface area contributed by atoms with Crippen molar-refractivity contribution in [2.24, 2.45) is 5.92 Å². The lowest BCUT2D eigenvalue weighted by Crippen LogP contribution is -2.27. The van der Waals surface area contributed by atoms with Gasteiger partial charge in [-0.05, 0) is 68.1 Å². The zero-order chi connectivity index (χ0) is 17.6. The molecule has 3 N–H and O–H groups in total. The smallest absolute Gasteiger partial charge is 0.284 e. The highest BCUT2D eigenvalue weighted by Gasteiger charge is 2.22. The van der Waals surface area contributed by atoms with Gasteiger partial charge in [0, 0.05) is 17.7 Å². The summed E-state index contributed by atoms with van der Waals surface area (Å²) in [5.74, 6) is 0.693. The lowest BCUT2D eigenvalue weighted by molar-refractivity contribution is 0.0641. The van der Waals surface area contributed by atoms with E-state index in [1.807, 2.05) is 0 Å². The van der Waals surface area contributed by atoms with Gasteiger partial charge in [-0.3, -0.25) is 4.79 Å². The van der Waals surface area contributed by atoms with Crippen LogP contribution in [-0.2, 0) is 0 Å². The zero-order valence-corrected chi connectivity index (χ0v) is 14.8. The summed E-state index contributed by atoms with van der Waals surface area (Å²) in [7, 11) is 0. The van der Waals surface area contributed by atoms with E-state index in [0.717, 1.165) is 37.7 Å². The first-order chi connectivity index (χ1) is 12.1. The van der Waals surface area contributed by atoms with Gasteiger partial charge in [0.15, 0.2) is 0 Å². The highest BCUT2D eigenvalue weighted by Crippen LogP contribution is 2.27. The van der Waals surface area contributed by atoms with Gasteiger partial charge in [0.05, 0.1) is 6.10 Å². The minimum atomic E-state index is -0.167. The summed E-state index contributed by atoms with van der Waals surface area (Å²) in [4.78, 5) is 12.4. The molecule has 25 heavy (non-hydrogen) atoms. The molecule has 2 atom stereocenters. The highest BCUT2D eigenvalue weighted by atomic mass is 32.1. The third-order valence-electron chi connectivity index (χ3n) is 4.74. The summed E-state index contributed by atoms with van der Waals surface area (Å²) in [6.07, 6.45) is 6.03. The van der Waals surface area contributed by atoms with E-state index >= 15 is 0 Å². The van der Waals surface area contributed by atoms with Crippen LogP contribution >= 0.6 is 12.2 Å². The molecule has 1 saturated carbocycles. The van der Waals surface area contributed by atoms with Crippen molar-refractivity contribution in [1.82, 2.24) is 15.5 Å². The van der Waals surface area contributed by atoms with Crippen LogP contribution < -0.4 is 5.32 Å². The molecule has 1 aliphatic rings. The molecule has 1 fully saturated rings. The van der Waals surface area contributed by atoms with E-state index in [2.05, 4.69) is 15.5 Å². The normalized spacial score (nSPS) is 20.4. The summed E-state index contributed by atoms with van der Waals surface area (Å²) in [5, 5.41) is 19.4. The molecule has 0 aliphatic heterocycles. The maximum Gasteiger partial charge on any atom is 0.284 e. The minimum Gasteiger partial charge on any atom is -0.409 e. The van der Waals surface area contributed by atoms with E-state index in [4.69, 9.17) is 16.6 Å². The zero-order valence-electron chi connectivity index (χ0n) is 14.0. The second-order valence-corrected chi connectivity index (χ2v) is 6.88. The fourth-order valence-corrected chi connectivity index (χ4v) is 3.44. The van der Waals surface area contributed by atoms with Crippen LogP contribution in [0.15, 0.2) is 28.7 Å². The molecule has 1 heterocycles. The maximum absolute atomic E-state index is 12.2. The molecular formula is C18H23N3O3S. The number of H-pyrrole nitrogens is 1. The van der Waals surface area contributed by atoms with Crippen molar-refractivity contribution in [3.8, 4) is 11.5 Å². The first-order valence-electron chi connectivity index (χ1n) is 8.75. The number of benzene rings is 1. The lowest BCUT2D eigenvalue weighted by Gasteiger charge is -2.27. The Kier molecular flexibility index (Phi) is 5.99. The molecule has 1 amide bonds. The van der Waals surface area contributed by atoms with Crippen molar-refractivity contribution in [2.75, 3.05) is 6.54 Å². The fourth-order valence-electron chi connectivity index (χ4n) is 3.31. The van der Waals surface area contributed by atoms with Crippen molar-refractivity contribution in [3.63, 3.8) is 0 Å². The van der Waals surface area contributed by atoms with Crippen molar-refractivity contribution in [2.45, 2.75) is 44.6 Å². The number of hydrogen-bond donors (Lipinski definition) is 3. The van der Waals surface area contributed by atoms with Crippen LogP contribution in [0, 0.1) is 10.8 Å². The van der Waals surface area contributed by atoms with Crippen LogP contribution in [0.3, 0.4) is 0 Å². The molecule has 0 bridgehead atoms. The number of aliphatic hydroxyl groups excluding tert-OH is 1. The van der Waals surface area contributed by atoms with E-state index in [1.54, 1.807) is 24.3 Å². The summed E-state index contributed by atoms with van der Waals surface area (Å²) >= 11 is 4.85. The Balaban J connectivity index is 1.46. The number of hydrogen-bond acceptors (Lipinski definition) is 5. The monoisotopic (exact) mass is 361 g/mol. The van der Waals surface area contributed by atoms with Crippen LogP contribution in [0.4, 0.5) is 0 Å². The van der Waals surface area contributed by atoms with Crippen LogP contribution in [-0.4, -0.2) is 33.9 Å². The predicted octanol–water partition coefficient (Wildman–Crippen LogP) is 3.46. The van der Waals surface area contributed by atoms with Gasteiger partial charge in [-0.25, -0.2) is 5.10 Å². The molecule has 7 heteroatoms. The number of aromatic amines is 1. The molecule has 134 valence electrons. The van der Waals surface area contributed by atoms with Gasteiger partial charge >= 0.3 is 0 Å². The first kappa shape index (κ1) is 17.8. The highest BCUT2D eigenvalue weighted by molar-refractivity contribution is 7.71. The lowest BCUT2D eigenvalue weighted by atomic mass is 9.83. The molecule has 1 aromatic heterocycles. The van der Waals surface area contributed by atoms with Gasteiger partial charge in [-0.2, -0.15) is 0 Å². The third kappa shape index (κ3) is 4.76. The molecule has 6 nitrogen and oxygen atoms in total. The average molecular weight is 361 g/mol. The van der Waals surface area contributed by atoms with Gasteiger partial charge in [0.1, 0.15) is 0 Å². The molecule has 0 saturated heterocycles. The quantitative estimate of drug-likeness (QED) is 0.541. The SMILES string of the molecule is O=C(NCCC[C@H]1CCCC[C@H]1O)c1ccc(-c2n[nH]c(=S)o2)cc1. The van der Waals surface area contributed by atoms with Crippen LogP contribution in [0.1, 0.15) is 48.9 Å². The van der Waals surface area contributed by atoms with E-state index in [0.29, 0.717) is 23.9 Å². The third-order valence-corrected chi connectivity index (χ3v) is 4.91. The number of aromatic nitrogens is 2. The molecule has 0 spiro atoms. The number of carbonyl (C=O) groups is 1. The summed E-state index contributed by atoms with van der Waals surface area (Å²) in [5.41, 5.74) is 1.35. The number of amides is 1. The molecule has 0 radical (unpaired) electrons. The average Bonchev–Trinajstić information content (AvgIpc) is 3.06. The van der Waals surface area contributed by atoms with Crippen LogP contribution in [0.25, 0.3) is 11.5 Å². The van der Waals surface area contributed by atoms with Crippen molar-refractivity contribution < 1.29 is 14.3 Å². The Hall–Kier alpha value is -1.99. The first-order valence-corrected chi connectivity index (χ1v) is 9.16. The predicted molar refractivity (Wildman–Crippen MR) is 96.7 cm³/mol. The van der Waals surface area contributed by atoms with Crippen LogP contribution in [0.2, 0.25) is 0 Å². The second kappa shape index (κ2) is 8.40. The second-order valence-electron chi connectivity index (χ2n) is 6.51. The number of carbonyl (C=O) groups excluding carboxylic acids is 1. The van der Waals surface area contributed by atoms with E-state index in [9.17, 15) is 9.90 Å². The Morgan fingerprint density at radius 1 is 1.32 bits per heavy atom. The molecule has 1 aliphatic carbocycles. The Labute approximate surface area is 151 Å². The van der Waals surface area contributed by atoms with E-state index in [1.165, 1.54) is 6.42 Å². The van der Waals surface area contributed by atoms with Crippen molar-refractivity contribution >= 4 is 18.1 Å². The minimum absolute atomic E-state index is 0.0985. The Bertz CT molecular complexity index is 753. The van der Waals surface area contributed by atoms with Gasteiger partial charge in [-0.1, -0.05) is 12.8 Å². The fraction of sp³-hybridized carbons (Fsp3) is 0.500. The largest absolute Gasteiger partial charge is 0.409 e. The number of nitrogens with one attached hydrogen (secondary N) is 2. The number of nitrogens with zero attached hydrogens (tertiary/aromatic N) is 1. The summed E-state index contributed by atoms with van der Waals surface area (Å²) in [6, 6.07) is 7.04. The van der Waals surface area contributed by atoms with Crippen LogP contribution in [0.5, 0.6) is 0 Å². The molecular weight excluding hydrogens is 338 g/mol. The van der Waals surface area contributed by atoms with Crippen molar-refractivity contribution in [3.05, 3.63) is 34.7 Å². The number of aliphatic hydroxyl groups is 1. The summed E-state index contributed by atoms with van der Waals surface area (Å²) in [6.45, 7) is 0.623. The van der Waals surface area contributed by atoms with Gasteiger partial charge < -0.3 is 14.8 Å². The van der Waals surface area contributed by atoms with E-state index in [-0.39, 0.29) is 16.8 Å². The number of rotatable bonds is 6. The van der Waals surface area contributed by atoms with Crippen molar-refractivity contribution in [1.29, 1.82) is 0 Å². The Morgan fingerprint density at radius 2 is 2.08 bits per heavy atom. The molecule has 3 rings (SSSR count). The van der Waals surface area contributed by atoms with E-state index < -0.39 is 0 Å². The maximum atomic E-state index is 12.2. The Morgan fingerprint density at radius 3 is 2.76 bits per heavy atom. The topological polar surface area (TPSA) is 91.1 Å². The molecule has 1 aromatic carbocycles. The molecule has 2 aromatic rings. The van der Waals surface area contributed by atoms with Gasteiger partial charge in [0.2, 0.25) is 5.89 Å². The van der Waals surface area contributed by atoms with Gasteiger partial charge in [0.25, 0.3) is 10.7 Å². The summed E-state index contributed by atoms with van der Waals surface area (Å²) < 4.78 is 5.24. The molecule has 0 unspecified atom stereocenters. The van der Waals surface area contributed by atoms with Gasteiger partial charge in [-0.15, -0.1) is 5.10 Å². The standard InChI is InChI=1S/C18H23N3O3S/c22-15-6-2-1-4-12(15)5-3-11-19-16(23)13-7-9-14(10-8-13)17-20-21-18(25)24-17/h7-10,12,15,22H,1-6,11H2,(H,19,23)(H,21,25)/t12-,15-/m1/s1.